The zero-order valence-corrected chi connectivity index (χ0v) is 12.6. The van der Waals surface area contributed by atoms with Crippen LogP contribution in [0.5, 0.6) is 5.75 Å². The number of unbranched alkanes of at least 4 members (excludes halogenated alkanes) is 1. The van der Waals surface area contributed by atoms with Crippen LogP contribution < -0.4 is 10.1 Å². The highest BCUT2D eigenvalue weighted by Crippen LogP contribution is 2.18. The number of hydrogen-bond donors (Lipinski definition) is 1. The van der Waals surface area contributed by atoms with Gasteiger partial charge in [-0.05, 0) is 25.5 Å². The van der Waals surface area contributed by atoms with Crippen LogP contribution in [0.1, 0.15) is 37.0 Å². The van der Waals surface area contributed by atoms with Gasteiger partial charge in [-0.1, -0.05) is 25.5 Å². The Morgan fingerprint density at radius 2 is 2.00 bits per heavy atom. The molecule has 0 aliphatic carbocycles. The molecule has 5 heteroatoms. The second-order valence-corrected chi connectivity index (χ2v) is 4.50. The third-order valence-electron chi connectivity index (χ3n) is 2.73. The molecule has 5 nitrogen and oxygen atoms in total. The average molecular weight is 291 g/mol. The number of ether oxygens (including phenoxy) is 2. The molecule has 1 aromatic carbocycles. The van der Waals surface area contributed by atoms with Gasteiger partial charge in [-0.25, -0.2) is 4.79 Å². The monoisotopic (exact) mass is 291 g/mol. The second-order valence-electron chi connectivity index (χ2n) is 4.50. The zero-order valence-electron chi connectivity index (χ0n) is 12.6. The fourth-order valence-electron chi connectivity index (χ4n) is 1.62. The van der Waals surface area contributed by atoms with E-state index in [-0.39, 0.29) is 5.91 Å². The zero-order chi connectivity index (χ0) is 15.7. The Balaban J connectivity index is 2.78. The smallest absolute Gasteiger partial charge is 0.332 e. The van der Waals surface area contributed by atoms with Crippen LogP contribution in [0.15, 0.2) is 36.0 Å². The van der Waals surface area contributed by atoms with Gasteiger partial charge < -0.3 is 14.8 Å². The Morgan fingerprint density at radius 3 is 2.67 bits per heavy atom. The minimum absolute atomic E-state index is 0.320. The van der Waals surface area contributed by atoms with Gasteiger partial charge in [0.1, 0.15) is 5.75 Å². The number of amides is 1. The highest BCUT2D eigenvalue weighted by molar-refractivity contribution is 5.98. The summed E-state index contributed by atoms with van der Waals surface area (Å²) in [7, 11) is 1.28. The maximum Gasteiger partial charge on any atom is 0.332 e. The highest BCUT2D eigenvalue weighted by Gasteiger charge is 2.12. The predicted molar refractivity (Wildman–Crippen MR) is 80.1 cm³/mol. The van der Waals surface area contributed by atoms with Crippen molar-refractivity contribution < 1.29 is 19.1 Å². The molecule has 0 spiro atoms. The first-order chi connectivity index (χ1) is 10.1. The Hall–Kier alpha value is -2.30. The summed E-state index contributed by atoms with van der Waals surface area (Å²) in [5.74, 6) is -0.297. The highest BCUT2D eigenvalue weighted by atomic mass is 16.5. The molecule has 114 valence electrons. The van der Waals surface area contributed by atoms with Crippen molar-refractivity contribution in [3.63, 3.8) is 0 Å². The minimum atomic E-state index is -0.514. The number of carbonyl (C=O) groups excluding carboxylic acids is 2. The summed E-state index contributed by atoms with van der Waals surface area (Å²) < 4.78 is 10.1. The molecule has 0 aliphatic rings. The van der Waals surface area contributed by atoms with Crippen LogP contribution in [0.4, 0.5) is 0 Å². The summed E-state index contributed by atoms with van der Waals surface area (Å²) in [6.45, 7) is 4.26. The van der Waals surface area contributed by atoms with Crippen LogP contribution >= 0.6 is 0 Å². The van der Waals surface area contributed by atoms with Crippen LogP contribution in [0.2, 0.25) is 0 Å². The molecule has 0 saturated heterocycles. The molecule has 0 saturated carbocycles. The van der Waals surface area contributed by atoms with Crippen LogP contribution in [0.25, 0.3) is 0 Å². The number of rotatable bonds is 7. The van der Waals surface area contributed by atoms with E-state index in [1.54, 1.807) is 25.1 Å². The third kappa shape index (κ3) is 5.69. The molecule has 0 bridgehead atoms. The van der Waals surface area contributed by atoms with Crippen LogP contribution in [0.3, 0.4) is 0 Å². The normalized spacial score (nSPS) is 10.9. The first kappa shape index (κ1) is 16.8. The topological polar surface area (TPSA) is 64.6 Å². The molecule has 0 fully saturated rings. The van der Waals surface area contributed by atoms with E-state index in [4.69, 9.17) is 4.74 Å². The molecule has 0 aromatic heterocycles. The lowest BCUT2D eigenvalue weighted by Crippen LogP contribution is -2.23. The van der Waals surface area contributed by atoms with E-state index in [9.17, 15) is 9.59 Å². The van der Waals surface area contributed by atoms with E-state index in [1.807, 2.05) is 6.07 Å². The van der Waals surface area contributed by atoms with Crippen molar-refractivity contribution in [2.45, 2.75) is 26.7 Å². The van der Waals surface area contributed by atoms with Gasteiger partial charge in [0.15, 0.2) is 0 Å². The van der Waals surface area contributed by atoms with Crippen molar-refractivity contribution in [1.29, 1.82) is 0 Å². The lowest BCUT2D eigenvalue weighted by Gasteiger charge is -2.11. The Bertz CT molecular complexity index is 523. The predicted octanol–water partition coefficient (Wildman–Crippen LogP) is 2.67. The molecule has 1 N–H and O–H groups in total. The molecular formula is C16H21NO4. The van der Waals surface area contributed by atoms with Gasteiger partial charge in [-0.15, -0.1) is 0 Å². The standard InChI is InChI=1S/C16H21NO4/c1-4-5-10-21-14-9-7-6-8-13(14)16(19)17-12(2)11-15(18)20-3/h6-9,11H,4-5,10H2,1-3H3,(H,17,19)/b12-11+. The Kier molecular flexibility index (Phi) is 7.01. The Labute approximate surface area is 124 Å². The number of nitrogens with one attached hydrogen (secondary N) is 1. The van der Waals surface area contributed by atoms with Gasteiger partial charge >= 0.3 is 5.97 Å². The largest absolute Gasteiger partial charge is 0.493 e. The lowest BCUT2D eigenvalue weighted by atomic mass is 10.2. The van der Waals surface area contributed by atoms with Crippen LogP contribution in [0, 0.1) is 0 Å². The molecule has 0 atom stereocenters. The number of esters is 1. The molecular weight excluding hydrogens is 270 g/mol. The van der Waals surface area contributed by atoms with Crippen molar-refractivity contribution in [3.05, 3.63) is 41.6 Å². The maximum atomic E-state index is 12.2. The molecule has 21 heavy (non-hydrogen) atoms. The third-order valence-corrected chi connectivity index (χ3v) is 2.73. The van der Waals surface area contributed by atoms with E-state index in [1.165, 1.54) is 13.2 Å². The van der Waals surface area contributed by atoms with E-state index < -0.39 is 5.97 Å². The van der Waals surface area contributed by atoms with Gasteiger partial charge in [0.2, 0.25) is 0 Å². The first-order valence-electron chi connectivity index (χ1n) is 6.88. The summed E-state index contributed by atoms with van der Waals surface area (Å²) in [5, 5.41) is 2.63. The quantitative estimate of drug-likeness (QED) is 0.476. The van der Waals surface area contributed by atoms with Gasteiger partial charge in [0, 0.05) is 11.8 Å². The number of para-hydroxylation sites is 1. The van der Waals surface area contributed by atoms with Crippen LogP contribution in [-0.2, 0) is 9.53 Å². The van der Waals surface area contributed by atoms with E-state index >= 15 is 0 Å². The van der Waals surface area contributed by atoms with Crippen LogP contribution in [-0.4, -0.2) is 25.6 Å². The van der Waals surface area contributed by atoms with Crippen molar-refractivity contribution in [2.24, 2.45) is 0 Å². The van der Waals surface area contributed by atoms with E-state index in [0.717, 1.165) is 12.8 Å². The molecule has 1 aromatic rings. The molecule has 0 heterocycles. The summed E-state index contributed by atoms with van der Waals surface area (Å²) >= 11 is 0. The summed E-state index contributed by atoms with van der Waals surface area (Å²) in [4.78, 5) is 23.3. The SMILES string of the molecule is CCCCOc1ccccc1C(=O)N/C(C)=C/C(=O)OC. The Morgan fingerprint density at radius 1 is 1.29 bits per heavy atom. The number of methoxy groups -OCH3 is 1. The van der Waals surface area contributed by atoms with Crippen molar-refractivity contribution >= 4 is 11.9 Å². The average Bonchev–Trinajstić information content (AvgIpc) is 2.47. The van der Waals surface area contributed by atoms with Gasteiger partial charge in [-0.2, -0.15) is 0 Å². The fraction of sp³-hybridized carbons (Fsp3) is 0.375. The summed E-state index contributed by atoms with van der Waals surface area (Å²) in [6.07, 6.45) is 3.17. The maximum absolute atomic E-state index is 12.2. The van der Waals surface area contributed by atoms with E-state index in [0.29, 0.717) is 23.6 Å². The lowest BCUT2D eigenvalue weighted by molar-refractivity contribution is -0.134. The molecule has 1 amide bonds. The van der Waals surface area contributed by atoms with E-state index in [2.05, 4.69) is 17.0 Å². The molecule has 0 radical (unpaired) electrons. The van der Waals surface area contributed by atoms with Gasteiger partial charge in [0.05, 0.1) is 19.3 Å². The first-order valence-corrected chi connectivity index (χ1v) is 6.88. The summed E-state index contributed by atoms with van der Waals surface area (Å²) in [5.41, 5.74) is 0.849. The van der Waals surface area contributed by atoms with Crippen molar-refractivity contribution in [3.8, 4) is 5.75 Å². The number of benzene rings is 1. The minimum Gasteiger partial charge on any atom is -0.493 e. The number of hydrogen-bond acceptors (Lipinski definition) is 4. The second kappa shape index (κ2) is 8.79. The number of carbonyl (C=O) groups is 2. The fourth-order valence-corrected chi connectivity index (χ4v) is 1.62. The molecule has 1 rings (SSSR count). The molecule has 0 aliphatic heterocycles. The van der Waals surface area contributed by atoms with Crippen molar-refractivity contribution in [2.75, 3.05) is 13.7 Å². The number of allylic oxidation sites excluding steroid dienone is 1. The van der Waals surface area contributed by atoms with Crippen molar-refractivity contribution in [1.82, 2.24) is 5.32 Å². The van der Waals surface area contributed by atoms with Gasteiger partial charge in [-0.3, -0.25) is 4.79 Å². The molecule has 0 unspecified atom stereocenters. The summed E-state index contributed by atoms with van der Waals surface area (Å²) in [6, 6.07) is 7.02. The van der Waals surface area contributed by atoms with Gasteiger partial charge in [0.25, 0.3) is 5.91 Å².